The van der Waals surface area contributed by atoms with Crippen molar-refractivity contribution in [3.63, 3.8) is 0 Å². The Bertz CT molecular complexity index is 483. The second kappa shape index (κ2) is 6.57. The molecule has 0 bridgehead atoms. The number of amides is 1. The van der Waals surface area contributed by atoms with Gasteiger partial charge >= 0.3 is 6.09 Å². The molecule has 0 spiro atoms. The molecule has 1 amide bonds. The minimum absolute atomic E-state index is 0.0803. The van der Waals surface area contributed by atoms with E-state index in [1.807, 2.05) is 34.6 Å². The first-order chi connectivity index (χ1) is 9.10. The molecule has 0 aliphatic rings. The molecule has 1 aromatic rings. The molecule has 0 fully saturated rings. The van der Waals surface area contributed by atoms with Gasteiger partial charge in [-0.1, -0.05) is 15.9 Å². The molecule has 0 unspecified atom stereocenters. The van der Waals surface area contributed by atoms with Crippen LogP contribution in [0.1, 0.15) is 40.2 Å². The van der Waals surface area contributed by atoms with Crippen molar-refractivity contribution >= 4 is 22.0 Å². The lowest BCUT2D eigenvalue weighted by atomic mass is 10.1. The highest BCUT2D eigenvalue weighted by molar-refractivity contribution is 9.10. The molecule has 112 valence electrons. The molecule has 0 N–H and O–H groups in total. The zero-order valence-corrected chi connectivity index (χ0v) is 14.1. The van der Waals surface area contributed by atoms with Crippen LogP contribution >= 0.6 is 15.9 Å². The van der Waals surface area contributed by atoms with Crippen molar-refractivity contribution in [3.8, 4) is 0 Å². The van der Waals surface area contributed by atoms with Crippen LogP contribution in [0.4, 0.5) is 9.18 Å². The van der Waals surface area contributed by atoms with E-state index in [0.29, 0.717) is 5.56 Å². The summed E-state index contributed by atoms with van der Waals surface area (Å²) in [6.45, 7) is 9.35. The summed E-state index contributed by atoms with van der Waals surface area (Å²) in [4.78, 5) is 13.7. The standard InChI is InChI=1S/C15H21BrFNO2/c1-10(2)18(14(19)20-15(3,4)5)9-11-8-12(16)6-7-13(11)17/h6-8,10H,9H2,1-5H3. The largest absolute Gasteiger partial charge is 0.444 e. The summed E-state index contributed by atoms with van der Waals surface area (Å²) >= 11 is 3.31. The Balaban J connectivity index is 2.93. The van der Waals surface area contributed by atoms with Crippen molar-refractivity contribution in [2.75, 3.05) is 0 Å². The smallest absolute Gasteiger partial charge is 0.410 e. The Morgan fingerprint density at radius 3 is 2.50 bits per heavy atom. The van der Waals surface area contributed by atoms with Gasteiger partial charge in [-0.2, -0.15) is 0 Å². The van der Waals surface area contributed by atoms with Crippen molar-refractivity contribution < 1.29 is 13.9 Å². The molecule has 0 radical (unpaired) electrons. The van der Waals surface area contributed by atoms with E-state index in [9.17, 15) is 9.18 Å². The molecule has 1 rings (SSSR count). The maximum Gasteiger partial charge on any atom is 0.410 e. The Morgan fingerprint density at radius 1 is 1.40 bits per heavy atom. The number of benzene rings is 1. The normalized spacial score (nSPS) is 11.6. The van der Waals surface area contributed by atoms with E-state index in [1.165, 1.54) is 11.0 Å². The first-order valence-electron chi connectivity index (χ1n) is 6.53. The van der Waals surface area contributed by atoms with Gasteiger partial charge in [-0.15, -0.1) is 0 Å². The molecule has 0 heterocycles. The second-order valence-corrected chi connectivity index (χ2v) is 6.85. The SMILES string of the molecule is CC(C)N(Cc1cc(Br)ccc1F)C(=O)OC(C)(C)C. The van der Waals surface area contributed by atoms with E-state index in [0.717, 1.165) is 4.47 Å². The summed E-state index contributed by atoms with van der Waals surface area (Å²) < 4.78 is 19.9. The lowest BCUT2D eigenvalue weighted by Gasteiger charge is -2.30. The first kappa shape index (κ1) is 17.0. The van der Waals surface area contributed by atoms with E-state index < -0.39 is 11.7 Å². The number of carbonyl (C=O) groups excluding carboxylic acids is 1. The zero-order valence-electron chi connectivity index (χ0n) is 12.5. The number of carbonyl (C=O) groups is 1. The molecule has 1 aromatic carbocycles. The van der Waals surface area contributed by atoms with Gasteiger partial charge in [0.25, 0.3) is 0 Å². The van der Waals surface area contributed by atoms with Gasteiger partial charge in [0.15, 0.2) is 0 Å². The molecule has 5 heteroatoms. The molecule has 0 aliphatic carbocycles. The summed E-state index contributed by atoms with van der Waals surface area (Å²) in [5, 5.41) is 0. The summed E-state index contributed by atoms with van der Waals surface area (Å²) in [6.07, 6.45) is -0.438. The van der Waals surface area contributed by atoms with Crippen LogP contribution < -0.4 is 0 Å². The summed E-state index contributed by atoms with van der Waals surface area (Å²) in [6, 6.07) is 4.61. The van der Waals surface area contributed by atoms with Crippen molar-refractivity contribution in [1.82, 2.24) is 4.90 Å². The Morgan fingerprint density at radius 2 is 2.00 bits per heavy atom. The Hall–Kier alpha value is -1.10. The Labute approximate surface area is 128 Å². The first-order valence-corrected chi connectivity index (χ1v) is 7.33. The number of rotatable bonds is 3. The van der Waals surface area contributed by atoms with Crippen molar-refractivity contribution in [3.05, 3.63) is 34.1 Å². The quantitative estimate of drug-likeness (QED) is 0.792. The third-order valence-electron chi connectivity index (χ3n) is 2.60. The van der Waals surface area contributed by atoms with Gasteiger partial charge in [0.05, 0.1) is 6.54 Å². The van der Waals surface area contributed by atoms with Gasteiger partial charge in [0, 0.05) is 16.1 Å². The van der Waals surface area contributed by atoms with E-state index in [1.54, 1.807) is 12.1 Å². The van der Waals surface area contributed by atoms with Crippen LogP contribution in [0.2, 0.25) is 0 Å². The van der Waals surface area contributed by atoms with Crippen LogP contribution in [0.5, 0.6) is 0 Å². The molecule has 0 saturated heterocycles. The second-order valence-electron chi connectivity index (χ2n) is 5.94. The van der Waals surface area contributed by atoms with Crippen molar-refractivity contribution in [2.45, 2.75) is 52.8 Å². The minimum atomic E-state index is -0.569. The van der Waals surface area contributed by atoms with E-state index in [4.69, 9.17) is 4.74 Å². The van der Waals surface area contributed by atoms with Crippen LogP contribution in [0.25, 0.3) is 0 Å². The maximum absolute atomic E-state index is 13.8. The Kier molecular flexibility index (Phi) is 5.57. The predicted molar refractivity (Wildman–Crippen MR) is 81.0 cm³/mol. The lowest BCUT2D eigenvalue weighted by Crippen LogP contribution is -2.40. The molecule has 0 aliphatic heterocycles. The van der Waals surface area contributed by atoms with Crippen molar-refractivity contribution in [1.29, 1.82) is 0 Å². The molecular formula is C15H21BrFNO2. The summed E-state index contributed by atoms with van der Waals surface area (Å²) in [5.41, 5.74) is -0.112. The highest BCUT2D eigenvalue weighted by Crippen LogP contribution is 2.20. The molecular weight excluding hydrogens is 325 g/mol. The van der Waals surface area contributed by atoms with Gasteiger partial charge in [-0.3, -0.25) is 0 Å². The van der Waals surface area contributed by atoms with Crippen molar-refractivity contribution in [2.24, 2.45) is 0 Å². The maximum atomic E-state index is 13.8. The summed E-state index contributed by atoms with van der Waals surface area (Å²) in [5.74, 6) is -0.331. The van der Waals surface area contributed by atoms with Gasteiger partial charge in [0.2, 0.25) is 0 Å². The number of nitrogens with zero attached hydrogens (tertiary/aromatic N) is 1. The number of hydrogen-bond acceptors (Lipinski definition) is 2. The van der Waals surface area contributed by atoms with Crippen LogP contribution in [-0.2, 0) is 11.3 Å². The van der Waals surface area contributed by atoms with E-state index in [2.05, 4.69) is 15.9 Å². The molecule has 0 saturated carbocycles. The van der Waals surface area contributed by atoms with Gasteiger partial charge in [-0.25, -0.2) is 9.18 Å². The number of hydrogen-bond donors (Lipinski definition) is 0. The van der Waals surface area contributed by atoms with Crippen LogP contribution in [0, 0.1) is 5.82 Å². The summed E-state index contributed by atoms with van der Waals surface area (Å²) in [7, 11) is 0. The highest BCUT2D eigenvalue weighted by Gasteiger charge is 2.25. The van der Waals surface area contributed by atoms with Gasteiger partial charge in [0.1, 0.15) is 11.4 Å². The fourth-order valence-corrected chi connectivity index (χ4v) is 2.03. The number of halogens is 2. The minimum Gasteiger partial charge on any atom is -0.444 e. The predicted octanol–water partition coefficient (Wildman–Crippen LogP) is 4.73. The monoisotopic (exact) mass is 345 g/mol. The molecule has 3 nitrogen and oxygen atoms in total. The van der Waals surface area contributed by atoms with E-state index >= 15 is 0 Å². The van der Waals surface area contributed by atoms with E-state index in [-0.39, 0.29) is 18.4 Å². The van der Waals surface area contributed by atoms with Gasteiger partial charge in [-0.05, 0) is 52.8 Å². The molecule has 0 atom stereocenters. The molecule has 20 heavy (non-hydrogen) atoms. The lowest BCUT2D eigenvalue weighted by molar-refractivity contribution is 0.0170. The highest BCUT2D eigenvalue weighted by atomic mass is 79.9. The van der Waals surface area contributed by atoms with Crippen LogP contribution in [0.3, 0.4) is 0 Å². The molecule has 0 aromatic heterocycles. The topological polar surface area (TPSA) is 29.5 Å². The third kappa shape index (κ3) is 5.12. The number of ether oxygens (including phenoxy) is 1. The fraction of sp³-hybridized carbons (Fsp3) is 0.533. The van der Waals surface area contributed by atoms with Gasteiger partial charge < -0.3 is 9.64 Å². The zero-order chi connectivity index (χ0) is 15.5. The average Bonchev–Trinajstić information content (AvgIpc) is 2.27. The average molecular weight is 346 g/mol. The van der Waals surface area contributed by atoms with Crippen LogP contribution in [0.15, 0.2) is 22.7 Å². The third-order valence-corrected chi connectivity index (χ3v) is 3.09. The fourth-order valence-electron chi connectivity index (χ4n) is 1.63. The van der Waals surface area contributed by atoms with Crippen LogP contribution in [-0.4, -0.2) is 22.6 Å².